The highest BCUT2D eigenvalue weighted by atomic mass is 28.4. The lowest BCUT2D eigenvalue weighted by atomic mass is 9.80. The fourth-order valence-corrected chi connectivity index (χ4v) is 13.4. The van der Waals surface area contributed by atoms with Crippen molar-refractivity contribution in [1.82, 2.24) is 4.90 Å². The number of rotatable bonds is 21. The summed E-state index contributed by atoms with van der Waals surface area (Å²) in [6.07, 6.45) is 1.59. The first kappa shape index (κ1) is 64.4. The second-order valence-electron chi connectivity index (χ2n) is 20.9. The second kappa shape index (κ2) is 30.3. The third-order valence-electron chi connectivity index (χ3n) is 14.9. The van der Waals surface area contributed by atoms with Crippen molar-refractivity contribution >= 4 is 38.3 Å². The number of methoxy groups -OCH3 is 1. The maximum atomic E-state index is 14.0. The van der Waals surface area contributed by atoms with Gasteiger partial charge < -0.3 is 61.8 Å². The van der Waals surface area contributed by atoms with Crippen LogP contribution in [0.3, 0.4) is 0 Å². The number of esters is 4. The molecule has 2 fully saturated rings. The Balaban J connectivity index is 1.98. The molecular weight excluding hydrogens is 995 g/mol. The van der Waals surface area contributed by atoms with E-state index < -0.39 is 129 Å². The number of allylic oxidation sites excluding steroid dienone is 2. The lowest BCUT2D eigenvalue weighted by molar-refractivity contribution is -0.350. The van der Waals surface area contributed by atoms with Crippen molar-refractivity contribution in [3.05, 3.63) is 78.9 Å². The van der Waals surface area contributed by atoms with Gasteiger partial charge in [-0.3, -0.25) is 19.2 Å². The molecule has 1 aromatic rings. The van der Waals surface area contributed by atoms with Crippen LogP contribution in [0.5, 0.6) is 0 Å². The van der Waals surface area contributed by atoms with Gasteiger partial charge in [0.15, 0.2) is 33.1 Å². The molecule has 0 aromatic heterocycles. The molecule has 0 spiro atoms. The van der Waals surface area contributed by atoms with Crippen molar-refractivity contribution in [1.29, 1.82) is 0 Å². The average molecular weight is 1090 g/mol. The number of hydrogen-bond acceptors (Lipinski definition) is 17. The van der Waals surface area contributed by atoms with E-state index in [0.29, 0.717) is 6.42 Å². The predicted molar refractivity (Wildman–Crippen MR) is 291 cm³/mol. The summed E-state index contributed by atoms with van der Waals surface area (Å²) in [5.41, 5.74) is -2.17. The van der Waals surface area contributed by atoms with Gasteiger partial charge in [-0.15, -0.1) is 6.58 Å². The molecule has 0 amide bonds. The van der Waals surface area contributed by atoms with E-state index in [1.807, 2.05) is 65.6 Å². The molecule has 0 bridgehead atoms. The molecular formula is C58H91NO16Si. The van der Waals surface area contributed by atoms with E-state index in [9.17, 15) is 24.3 Å². The Morgan fingerprint density at radius 2 is 1.51 bits per heavy atom. The Hall–Kier alpha value is -4.08. The van der Waals surface area contributed by atoms with Crippen molar-refractivity contribution < 1.29 is 76.1 Å². The molecule has 3 aliphatic heterocycles. The molecule has 16 atom stereocenters. The molecule has 1 N–H and O–H groups in total. The Labute approximate surface area is 454 Å². The lowest BCUT2D eigenvalue weighted by Crippen LogP contribution is -2.67. The average Bonchev–Trinajstić information content (AvgIpc) is 3.37. The van der Waals surface area contributed by atoms with E-state index in [-0.39, 0.29) is 38.2 Å². The lowest BCUT2D eigenvalue weighted by Gasteiger charge is -2.52. The van der Waals surface area contributed by atoms with Crippen molar-refractivity contribution in [3.63, 3.8) is 0 Å². The van der Waals surface area contributed by atoms with Gasteiger partial charge in [-0.2, -0.15) is 0 Å². The molecule has 0 radical (unpaired) electrons. The van der Waals surface area contributed by atoms with E-state index in [1.54, 1.807) is 61.7 Å². The van der Waals surface area contributed by atoms with E-state index in [2.05, 4.69) is 40.3 Å². The molecule has 2 saturated heterocycles. The highest BCUT2D eigenvalue weighted by Gasteiger charge is 2.57. The summed E-state index contributed by atoms with van der Waals surface area (Å²) in [5, 5.41) is 11.7. The molecule has 17 nitrogen and oxygen atoms in total. The number of cyclic esters (lactones) is 1. The van der Waals surface area contributed by atoms with E-state index in [0.717, 1.165) is 23.7 Å². The molecule has 9 unspecified atom stereocenters. The third kappa shape index (κ3) is 17.7. The Bertz CT molecular complexity index is 2070. The fourth-order valence-electron chi connectivity index (χ4n) is 10.5. The largest absolute Gasteiger partial charge is 0.462 e. The topological polar surface area (TPSA) is 193 Å². The number of ether oxygens (including phenoxy) is 10. The van der Waals surface area contributed by atoms with Crippen molar-refractivity contribution in [2.45, 2.75) is 224 Å². The summed E-state index contributed by atoms with van der Waals surface area (Å²) in [7, 11) is 2.77. The molecule has 428 valence electrons. The van der Waals surface area contributed by atoms with Gasteiger partial charge >= 0.3 is 23.9 Å². The zero-order valence-electron chi connectivity index (χ0n) is 47.8. The molecule has 18 heteroatoms. The molecule has 3 aliphatic rings. The standard InChI is InChI=1S/C58H91NO16Si/c1-16-46(61)71-45-35-48(63)67-39(8)29-24-22-27-33-44(75-76(19-4,20-5)21-6)38(7)36-58(18-3,66-34-28-32-43-30-25-23-26-31-43)55(52(45)65-15)74-56-53(70-42(11)60)50(59(13)14)51(40(9)69-56)73-49-37-57(12,64)54(41(10)68-49)72-47(62)17-2/h18,22-28,30-33,38-41,44-45,49-56,64H,3,16-17,19-21,29,34-37H2,1-2,4-15H3/t38-,39-,40?,41?,44+,45-,49?,50?,51?,52+,53?,54?,55-,56?,57?,58-/m1/s1. The van der Waals surface area contributed by atoms with E-state index in [4.69, 9.17) is 51.8 Å². The minimum Gasteiger partial charge on any atom is -0.462 e. The van der Waals surface area contributed by atoms with Gasteiger partial charge in [0, 0.05) is 39.7 Å². The monoisotopic (exact) mass is 1090 g/mol. The van der Waals surface area contributed by atoms with Gasteiger partial charge in [0.1, 0.15) is 41.7 Å². The van der Waals surface area contributed by atoms with E-state index >= 15 is 0 Å². The maximum Gasteiger partial charge on any atom is 0.309 e. The maximum absolute atomic E-state index is 14.0. The van der Waals surface area contributed by atoms with E-state index in [1.165, 1.54) is 14.0 Å². The number of nitrogens with zero attached hydrogens (tertiary/aromatic N) is 1. The van der Waals surface area contributed by atoms with Crippen molar-refractivity contribution in [2.75, 3.05) is 27.8 Å². The molecule has 4 rings (SSSR count). The Kier molecular flexibility index (Phi) is 25.7. The normalized spacial score (nSPS) is 34.1. The molecule has 76 heavy (non-hydrogen) atoms. The van der Waals surface area contributed by atoms with Crippen molar-refractivity contribution in [3.8, 4) is 0 Å². The summed E-state index contributed by atoms with van der Waals surface area (Å²) in [6.45, 7) is 24.5. The molecule has 0 saturated carbocycles. The molecule has 1 aromatic carbocycles. The van der Waals surface area contributed by atoms with Gasteiger partial charge in [0.05, 0.1) is 37.4 Å². The number of likely N-dealkylation sites (N-methyl/N-ethyl adjacent to an activating group) is 1. The van der Waals surface area contributed by atoms with Crippen LogP contribution in [-0.4, -0.2) is 161 Å². The highest BCUT2D eigenvalue weighted by molar-refractivity contribution is 6.73. The number of carbonyl (C=O) groups excluding carboxylic acids is 4. The first-order chi connectivity index (χ1) is 36.0. The number of aliphatic hydroxyl groups is 1. The summed E-state index contributed by atoms with van der Waals surface area (Å²) < 4.78 is 72.1. The van der Waals surface area contributed by atoms with Gasteiger partial charge in [-0.1, -0.05) is 114 Å². The predicted octanol–water partition coefficient (Wildman–Crippen LogP) is 8.82. The Morgan fingerprint density at radius 3 is 2.09 bits per heavy atom. The number of hydrogen-bond donors (Lipinski definition) is 1. The molecule has 0 aliphatic carbocycles. The van der Waals surface area contributed by atoms with Crippen LogP contribution in [-0.2, 0) is 71.0 Å². The van der Waals surface area contributed by atoms with Crippen LogP contribution < -0.4 is 0 Å². The highest BCUT2D eigenvalue weighted by Crippen LogP contribution is 2.42. The van der Waals surface area contributed by atoms with Crippen molar-refractivity contribution in [2.24, 2.45) is 5.92 Å². The smallest absolute Gasteiger partial charge is 0.309 e. The fraction of sp³-hybridized carbons (Fsp3) is 0.690. The SMILES string of the molecule is C=C[C@@]1(OCC=Cc2ccccc2)C[C@@H](C)[C@@H](O[Si](CC)(CC)CC)C=CC=CC[C@@H](C)OC(=O)C[C@@H](OC(=O)CC)[C@H](OC)[C@H]1OC1OC(C)C(OC2CC(C)(O)C(OC(=O)CC)C(C)O2)C(N(C)C)C1OC(C)=O. The molecule has 3 heterocycles. The Morgan fingerprint density at radius 1 is 0.855 bits per heavy atom. The van der Waals surface area contributed by atoms with Gasteiger partial charge in [-0.25, -0.2) is 0 Å². The van der Waals surface area contributed by atoms with Crippen LogP contribution in [0.15, 0.2) is 73.4 Å². The van der Waals surface area contributed by atoms with Gasteiger partial charge in [-0.05, 0) is 77.8 Å². The van der Waals surface area contributed by atoms with Gasteiger partial charge in [0.25, 0.3) is 0 Å². The number of benzene rings is 1. The van der Waals surface area contributed by atoms with Crippen LogP contribution in [0.1, 0.15) is 120 Å². The second-order valence-corrected chi connectivity index (χ2v) is 25.6. The zero-order chi connectivity index (χ0) is 56.4. The minimum absolute atomic E-state index is 0.0183. The first-order valence-corrected chi connectivity index (χ1v) is 29.9. The van der Waals surface area contributed by atoms with Crippen LogP contribution in [0.25, 0.3) is 6.08 Å². The summed E-state index contributed by atoms with van der Waals surface area (Å²) in [4.78, 5) is 55.1. The summed E-state index contributed by atoms with van der Waals surface area (Å²) in [6, 6.07) is 11.7. The minimum atomic E-state index is -2.27. The summed E-state index contributed by atoms with van der Waals surface area (Å²) in [5.74, 6) is -2.68. The first-order valence-electron chi connectivity index (χ1n) is 27.3. The zero-order valence-corrected chi connectivity index (χ0v) is 48.8. The summed E-state index contributed by atoms with van der Waals surface area (Å²) >= 11 is 0. The van der Waals surface area contributed by atoms with Crippen LogP contribution in [0.4, 0.5) is 0 Å². The quantitative estimate of drug-likeness (QED) is 0.0531. The van der Waals surface area contributed by atoms with Crippen LogP contribution in [0.2, 0.25) is 18.1 Å². The van der Waals surface area contributed by atoms with Crippen LogP contribution >= 0.6 is 0 Å². The van der Waals surface area contributed by atoms with Gasteiger partial charge in [0.2, 0.25) is 0 Å². The number of carbonyl (C=O) groups is 4. The third-order valence-corrected chi connectivity index (χ3v) is 19.5. The van der Waals surface area contributed by atoms with Crippen LogP contribution in [0, 0.1) is 5.92 Å².